The predicted molar refractivity (Wildman–Crippen MR) is 80.5 cm³/mol. The van der Waals surface area contributed by atoms with Crippen LogP contribution in [0.15, 0.2) is 18.3 Å². The van der Waals surface area contributed by atoms with E-state index in [0.29, 0.717) is 18.7 Å². The highest BCUT2D eigenvalue weighted by molar-refractivity contribution is 5.94. The lowest BCUT2D eigenvalue weighted by Gasteiger charge is -2.42. The van der Waals surface area contributed by atoms with E-state index in [1.165, 1.54) is 0 Å². The van der Waals surface area contributed by atoms with Crippen molar-refractivity contribution in [2.75, 3.05) is 38.7 Å². The van der Waals surface area contributed by atoms with Crippen LogP contribution < -0.4 is 4.90 Å². The molecule has 0 aromatic carbocycles. The normalized spacial score (nSPS) is 21.2. The zero-order valence-corrected chi connectivity index (χ0v) is 13.0. The maximum atomic E-state index is 12.6. The van der Waals surface area contributed by atoms with Gasteiger partial charge in [-0.3, -0.25) is 4.79 Å². The molecule has 1 fully saturated rings. The molecule has 1 atom stereocenters. The summed E-state index contributed by atoms with van der Waals surface area (Å²) in [6.45, 7) is 4.64. The number of hydrogen-bond acceptors (Lipinski definition) is 5. The van der Waals surface area contributed by atoms with Crippen molar-refractivity contribution in [3.8, 4) is 0 Å². The molecule has 21 heavy (non-hydrogen) atoms. The lowest BCUT2D eigenvalue weighted by atomic mass is 10.0. The summed E-state index contributed by atoms with van der Waals surface area (Å²) in [6, 6.07) is 3.60. The topological polar surface area (TPSA) is 65.9 Å². The quantitative estimate of drug-likeness (QED) is 0.891. The molecule has 0 saturated carbocycles. The maximum Gasteiger partial charge on any atom is 0.255 e. The molecular weight excluding hydrogens is 270 g/mol. The molecule has 1 saturated heterocycles. The largest absolute Gasteiger partial charge is 0.394 e. The van der Waals surface area contributed by atoms with Gasteiger partial charge in [0.2, 0.25) is 0 Å². The van der Waals surface area contributed by atoms with E-state index in [1.54, 1.807) is 17.2 Å². The van der Waals surface area contributed by atoms with Gasteiger partial charge in [-0.05, 0) is 26.0 Å². The van der Waals surface area contributed by atoms with Gasteiger partial charge < -0.3 is 19.6 Å². The third-order valence-electron chi connectivity index (χ3n) is 3.43. The Balaban J connectivity index is 2.14. The molecule has 2 rings (SSSR count). The Labute approximate surface area is 125 Å². The molecule has 1 aromatic heterocycles. The number of amides is 1. The van der Waals surface area contributed by atoms with Crippen LogP contribution in [0.1, 0.15) is 24.2 Å². The fourth-order valence-corrected chi connectivity index (χ4v) is 2.51. The number of aliphatic hydroxyl groups excluding tert-OH is 1. The minimum atomic E-state index is -0.460. The van der Waals surface area contributed by atoms with E-state index in [2.05, 4.69) is 4.98 Å². The summed E-state index contributed by atoms with van der Waals surface area (Å²) >= 11 is 0. The summed E-state index contributed by atoms with van der Waals surface area (Å²) in [5.74, 6) is 0.727. The number of morpholine rings is 1. The number of carbonyl (C=O) groups is 1. The minimum Gasteiger partial charge on any atom is -0.394 e. The monoisotopic (exact) mass is 293 g/mol. The summed E-state index contributed by atoms with van der Waals surface area (Å²) in [5, 5.41) is 9.31. The van der Waals surface area contributed by atoms with Crippen molar-refractivity contribution >= 4 is 11.7 Å². The van der Waals surface area contributed by atoms with Gasteiger partial charge in [-0.25, -0.2) is 4.98 Å². The third-order valence-corrected chi connectivity index (χ3v) is 3.43. The maximum absolute atomic E-state index is 12.6. The third kappa shape index (κ3) is 3.71. The van der Waals surface area contributed by atoms with Crippen LogP contribution in [0.2, 0.25) is 0 Å². The first-order valence-corrected chi connectivity index (χ1v) is 7.04. The predicted octanol–water partition coefficient (Wildman–Crippen LogP) is 0.759. The van der Waals surface area contributed by atoms with Gasteiger partial charge in [0.25, 0.3) is 5.91 Å². The summed E-state index contributed by atoms with van der Waals surface area (Å²) in [4.78, 5) is 20.4. The molecule has 116 valence electrons. The molecule has 1 unspecified atom stereocenters. The Bertz CT molecular complexity index is 499. The standard InChI is InChI=1S/C15H23N3O3/c1-15(2)10-18(8-12(9-19)21-15)14(20)11-5-6-13(16-7-11)17(3)4/h5-7,12,19H,8-10H2,1-4H3. The molecule has 0 radical (unpaired) electrons. The zero-order valence-electron chi connectivity index (χ0n) is 13.0. The lowest BCUT2D eigenvalue weighted by molar-refractivity contribution is -0.139. The van der Waals surface area contributed by atoms with E-state index in [4.69, 9.17) is 4.74 Å². The van der Waals surface area contributed by atoms with Gasteiger partial charge in [0.1, 0.15) is 5.82 Å². The van der Waals surface area contributed by atoms with Gasteiger partial charge in [0, 0.05) is 33.4 Å². The van der Waals surface area contributed by atoms with Gasteiger partial charge >= 0.3 is 0 Å². The minimum absolute atomic E-state index is 0.0809. The van der Waals surface area contributed by atoms with E-state index in [1.807, 2.05) is 38.9 Å². The van der Waals surface area contributed by atoms with E-state index < -0.39 is 5.60 Å². The van der Waals surface area contributed by atoms with E-state index >= 15 is 0 Å². The van der Waals surface area contributed by atoms with Crippen LogP contribution in [0.3, 0.4) is 0 Å². The highest BCUT2D eigenvalue weighted by atomic mass is 16.5. The van der Waals surface area contributed by atoms with Gasteiger partial charge in [0.15, 0.2) is 0 Å². The number of hydrogen-bond donors (Lipinski definition) is 1. The first-order chi connectivity index (χ1) is 9.82. The van der Waals surface area contributed by atoms with Crippen molar-refractivity contribution in [3.63, 3.8) is 0 Å². The van der Waals surface area contributed by atoms with Gasteiger partial charge in [-0.15, -0.1) is 0 Å². The number of pyridine rings is 1. The number of anilines is 1. The second kappa shape index (κ2) is 5.99. The van der Waals surface area contributed by atoms with Crippen LogP contribution in [0.4, 0.5) is 5.82 Å². The second-order valence-corrected chi connectivity index (χ2v) is 6.17. The molecule has 0 spiro atoms. The van der Waals surface area contributed by atoms with Crippen LogP contribution in [-0.4, -0.2) is 66.4 Å². The van der Waals surface area contributed by atoms with E-state index in [9.17, 15) is 9.90 Å². The molecule has 1 N–H and O–H groups in total. The number of carbonyl (C=O) groups excluding carboxylic acids is 1. The molecule has 1 aromatic rings. The molecule has 0 aliphatic carbocycles. The number of aliphatic hydroxyl groups is 1. The van der Waals surface area contributed by atoms with Crippen molar-refractivity contribution in [1.82, 2.24) is 9.88 Å². The van der Waals surface area contributed by atoms with Crippen molar-refractivity contribution in [3.05, 3.63) is 23.9 Å². The molecule has 1 aliphatic rings. The van der Waals surface area contributed by atoms with E-state index in [-0.39, 0.29) is 18.6 Å². The van der Waals surface area contributed by atoms with Crippen LogP contribution in [-0.2, 0) is 4.74 Å². The van der Waals surface area contributed by atoms with Crippen molar-refractivity contribution in [1.29, 1.82) is 0 Å². The molecular formula is C15H23N3O3. The Hall–Kier alpha value is -1.66. The van der Waals surface area contributed by atoms with E-state index in [0.717, 1.165) is 5.82 Å². The van der Waals surface area contributed by atoms with Gasteiger partial charge in [0.05, 0.1) is 23.9 Å². The smallest absolute Gasteiger partial charge is 0.255 e. The lowest BCUT2D eigenvalue weighted by Crippen LogP contribution is -2.55. The first kappa shape index (κ1) is 15.7. The summed E-state index contributed by atoms with van der Waals surface area (Å²) in [7, 11) is 3.81. The second-order valence-electron chi connectivity index (χ2n) is 6.17. The highest BCUT2D eigenvalue weighted by Gasteiger charge is 2.35. The molecule has 2 heterocycles. The zero-order chi connectivity index (χ0) is 15.6. The first-order valence-electron chi connectivity index (χ1n) is 7.04. The van der Waals surface area contributed by atoms with Crippen molar-refractivity contribution in [2.45, 2.75) is 25.6 Å². The summed E-state index contributed by atoms with van der Waals surface area (Å²) in [6.07, 6.45) is 1.25. The number of nitrogens with zero attached hydrogens (tertiary/aromatic N) is 3. The molecule has 6 nitrogen and oxygen atoms in total. The van der Waals surface area contributed by atoms with Crippen molar-refractivity contribution < 1.29 is 14.6 Å². The summed E-state index contributed by atoms with van der Waals surface area (Å²) in [5.41, 5.74) is 0.0909. The van der Waals surface area contributed by atoms with Crippen LogP contribution in [0.25, 0.3) is 0 Å². The Morgan fingerprint density at radius 2 is 2.24 bits per heavy atom. The van der Waals surface area contributed by atoms with Crippen LogP contribution in [0.5, 0.6) is 0 Å². The van der Waals surface area contributed by atoms with Gasteiger partial charge in [-0.2, -0.15) is 0 Å². The summed E-state index contributed by atoms with van der Waals surface area (Å²) < 4.78 is 5.72. The fourth-order valence-electron chi connectivity index (χ4n) is 2.51. The van der Waals surface area contributed by atoms with Crippen molar-refractivity contribution in [2.24, 2.45) is 0 Å². The number of ether oxygens (including phenoxy) is 1. The SMILES string of the molecule is CN(C)c1ccc(C(=O)N2CC(CO)OC(C)(C)C2)cn1. The molecule has 1 amide bonds. The molecule has 0 bridgehead atoms. The fraction of sp³-hybridized carbons (Fsp3) is 0.600. The molecule has 6 heteroatoms. The average molecular weight is 293 g/mol. The van der Waals surface area contributed by atoms with Gasteiger partial charge in [-0.1, -0.05) is 0 Å². The Kier molecular flexibility index (Phi) is 4.49. The average Bonchev–Trinajstić information content (AvgIpc) is 2.44. The van der Waals surface area contributed by atoms with Crippen LogP contribution >= 0.6 is 0 Å². The number of aromatic nitrogens is 1. The highest BCUT2D eigenvalue weighted by Crippen LogP contribution is 2.22. The van der Waals surface area contributed by atoms with Crippen LogP contribution in [0, 0.1) is 0 Å². The Morgan fingerprint density at radius 3 is 2.76 bits per heavy atom. The molecule has 1 aliphatic heterocycles. The number of rotatable bonds is 3. The Morgan fingerprint density at radius 1 is 1.52 bits per heavy atom.